The number of rotatable bonds is 10. The van der Waals surface area contributed by atoms with E-state index in [0.29, 0.717) is 10.8 Å². The molecule has 0 saturated carbocycles. The van der Waals surface area contributed by atoms with Crippen LogP contribution >= 0.6 is 0 Å². The number of hydrogen-bond donors (Lipinski definition) is 0. The molecule has 2 aromatic carbocycles. The molecule has 0 fully saturated rings. The minimum atomic E-state index is 0.229. The van der Waals surface area contributed by atoms with E-state index in [1.165, 1.54) is 36.8 Å². The van der Waals surface area contributed by atoms with E-state index < -0.39 is 0 Å². The fourth-order valence-corrected chi connectivity index (χ4v) is 3.32. The first-order valence-corrected chi connectivity index (χ1v) is 11.0. The van der Waals surface area contributed by atoms with Crippen LogP contribution in [0.15, 0.2) is 48.5 Å². The Kier molecular flexibility index (Phi) is 8.68. The lowest BCUT2D eigenvalue weighted by molar-refractivity contribution is 0.365. The summed E-state index contributed by atoms with van der Waals surface area (Å²) in [6.45, 7) is 13.8. The van der Waals surface area contributed by atoms with E-state index >= 15 is 0 Å². The summed E-state index contributed by atoms with van der Waals surface area (Å²) in [4.78, 5) is 0. The van der Waals surface area contributed by atoms with E-state index in [-0.39, 0.29) is 7.69 Å². The second kappa shape index (κ2) is 10.8. The molecule has 0 radical (unpaired) electrons. The molecular formula is C26H39BO2. The third-order valence-electron chi connectivity index (χ3n) is 5.08. The molecular weight excluding hydrogens is 355 g/mol. The summed E-state index contributed by atoms with van der Waals surface area (Å²) in [5.74, 6) is 1.70. The van der Waals surface area contributed by atoms with Crippen molar-refractivity contribution in [1.82, 2.24) is 0 Å². The highest BCUT2D eigenvalue weighted by Gasteiger charge is 2.10. The van der Waals surface area contributed by atoms with E-state index in [9.17, 15) is 0 Å². The van der Waals surface area contributed by atoms with Crippen LogP contribution in [0.5, 0.6) is 11.5 Å². The average Bonchev–Trinajstić information content (AvgIpc) is 2.62. The molecule has 0 bridgehead atoms. The number of hydrogen-bond acceptors (Lipinski definition) is 2. The van der Waals surface area contributed by atoms with E-state index in [1.807, 2.05) is 24.3 Å². The minimum Gasteiger partial charge on any atom is -0.529 e. The summed E-state index contributed by atoms with van der Waals surface area (Å²) in [6.07, 6.45) is 7.17. The van der Waals surface area contributed by atoms with Crippen molar-refractivity contribution in [2.45, 2.75) is 80.1 Å². The normalized spacial score (nSPS) is 11.9. The summed E-state index contributed by atoms with van der Waals surface area (Å²) < 4.78 is 11.5. The van der Waals surface area contributed by atoms with Gasteiger partial charge in [0.15, 0.2) is 0 Å². The van der Waals surface area contributed by atoms with Crippen molar-refractivity contribution in [3.63, 3.8) is 0 Å². The van der Waals surface area contributed by atoms with Crippen LogP contribution in [0.1, 0.15) is 78.4 Å². The van der Waals surface area contributed by atoms with Crippen molar-refractivity contribution >= 4 is 7.69 Å². The summed E-state index contributed by atoms with van der Waals surface area (Å²) in [5, 5.41) is 0. The van der Waals surface area contributed by atoms with Crippen LogP contribution in [0.4, 0.5) is 0 Å². The highest BCUT2D eigenvalue weighted by atomic mass is 16.6. The standard InChI is InChI=1S/C26H39BO2/c1-25(2,3)19-7-9-21-11-15-23(16-12-21)28-27-29-24-17-13-22(14-18-24)10-8-20-26(4,5)6/h11-18,27H,7-10,19-20H2,1-6H3. The van der Waals surface area contributed by atoms with Crippen molar-refractivity contribution in [2.75, 3.05) is 0 Å². The molecule has 0 amide bonds. The van der Waals surface area contributed by atoms with E-state index in [0.717, 1.165) is 24.3 Å². The van der Waals surface area contributed by atoms with Gasteiger partial charge in [-0.15, -0.1) is 0 Å². The van der Waals surface area contributed by atoms with Gasteiger partial charge in [0, 0.05) is 0 Å². The maximum Gasteiger partial charge on any atom is 0.576 e. The maximum absolute atomic E-state index is 5.73. The Morgan fingerprint density at radius 2 is 0.931 bits per heavy atom. The minimum absolute atomic E-state index is 0.229. The lowest BCUT2D eigenvalue weighted by atomic mass is 9.89. The lowest BCUT2D eigenvalue weighted by Crippen LogP contribution is -2.11. The summed E-state index contributed by atoms with van der Waals surface area (Å²) in [7, 11) is 0.229. The summed E-state index contributed by atoms with van der Waals surface area (Å²) in [6, 6.07) is 16.8. The van der Waals surface area contributed by atoms with Crippen LogP contribution in [-0.4, -0.2) is 7.69 Å². The lowest BCUT2D eigenvalue weighted by Gasteiger charge is -2.17. The predicted molar refractivity (Wildman–Crippen MR) is 126 cm³/mol. The smallest absolute Gasteiger partial charge is 0.529 e. The van der Waals surface area contributed by atoms with Gasteiger partial charge < -0.3 is 9.31 Å². The first kappa shape index (κ1) is 23.4. The molecule has 158 valence electrons. The van der Waals surface area contributed by atoms with E-state index in [2.05, 4.69) is 65.8 Å². The first-order chi connectivity index (χ1) is 13.6. The van der Waals surface area contributed by atoms with Crippen molar-refractivity contribution in [3.8, 4) is 11.5 Å². The van der Waals surface area contributed by atoms with Crippen molar-refractivity contribution in [2.24, 2.45) is 10.8 Å². The van der Waals surface area contributed by atoms with Crippen LogP contribution in [0.3, 0.4) is 0 Å². The van der Waals surface area contributed by atoms with Crippen molar-refractivity contribution < 1.29 is 9.31 Å². The summed E-state index contributed by atoms with van der Waals surface area (Å²) >= 11 is 0. The quantitative estimate of drug-likeness (QED) is 0.399. The Balaban J connectivity index is 1.68. The van der Waals surface area contributed by atoms with Crippen LogP contribution in [0, 0.1) is 10.8 Å². The van der Waals surface area contributed by atoms with Gasteiger partial charge >= 0.3 is 7.69 Å². The topological polar surface area (TPSA) is 18.5 Å². The van der Waals surface area contributed by atoms with Gasteiger partial charge in [-0.1, -0.05) is 65.8 Å². The molecule has 0 heterocycles. The Labute approximate surface area is 179 Å². The van der Waals surface area contributed by atoms with Gasteiger partial charge in [-0.2, -0.15) is 0 Å². The second-order valence-corrected chi connectivity index (χ2v) is 10.5. The van der Waals surface area contributed by atoms with Crippen LogP contribution in [-0.2, 0) is 12.8 Å². The molecule has 0 aliphatic carbocycles. The van der Waals surface area contributed by atoms with Crippen LogP contribution < -0.4 is 9.31 Å². The van der Waals surface area contributed by atoms with Gasteiger partial charge in [0.2, 0.25) is 0 Å². The fraction of sp³-hybridized carbons (Fsp3) is 0.538. The number of benzene rings is 2. The van der Waals surface area contributed by atoms with Crippen molar-refractivity contribution in [3.05, 3.63) is 59.7 Å². The van der Waals surface area contributed by atoms with Gasteiger partial charge in [-0.05, 0) is 84.7 Å². The molecule has 2 nitrogen and oxygen atoms in total. The van der Waals surface area contributed by atoms with Crippen molar-refractivity contribution in [1.29, 1.82) is 0 Å². The largest absolute Gasteiger partial charge is 0.576 e. The molecule has 0 aromatic heterocycles. The molecule has 0 N–H and O–H groups in total. The average molecular weight is 394 g/mol. The zero-order valence-corrected chi connectivity index (χ0v) is 19.4. The van der Waals surface area contributed by atoms with Gasteiger partial charge in [-0.25, -0.2) is 0 Å². The second-order valence-electron chi connectivity index (χ2n) is 10.5. The molecule has 0 aliphatic rings. The highest BCUT2D eigenvalue weighted by molar-refractivity contribution is 6.20. The number of aryl methyl sites for hydroxylation is 2. The molecule has 2 rings (SSSR count). The molecule has 0 unspecified atom stereocenters. The first-order valence-electron chi connectivity index (χ1n) is 11.0. The Morgan fingerprint density at radius 1 is 0.586 bits per heavy atom. The zero-order valence-electron chi connectivity index (χ0n) is 19.4. The zero-order chi connectivity index (χ0) is 21.3. The molecule has 0 atom stereocenters. The molecule has 29 heavy (non-hydrogen) atoms. The Bertz CT molecular complexity index is 643. The van der Waals surface area contributed by atoms with Gasteiger partial charge in [0.1, 0.15) is 11.5 Å². The van der Waals surface area contributed by atoms with Crippen LogP contribution in [0.25, 0.3) is 0 Å². The molecule has 2 aromatic rings. The molecule has 3 heteroatoms. The summed E-state index contributed by atoms with van der Waals surface area (Å²) in [5.41, 5.74) is 3.55. The fourth-order valence-electron chi connectivity index (χ4n) is 3.32. The molecule has 0 saturated heterocycles. The predicted octanol–water partition coefficient (Wildman–Crippen LogP) is 7.15. The molecule has 0 spiro atoms. The van der Waals surface area contributed by atoms with Crippen LogP contribution in [0.2, 0.25) is 0 Å². The van der Waals surface area contributed by atoms with E-state index in [4.69, 9.17) is 9.31 Å². The Morgan fingerprint density at radius 3 is 1.24 bits per heavy atom. The Hall–Kier alpha value is -1.90. The third-order valence-corrected chi connectivity index (χ3v) is 5.08. The third kappa shape index (κ3) is 10.4. The highest BCUT2D eigenvalue weighted by Crippen LogP contribution is 2.24. The SMILES string of the molecule is CC(C)(C)CCCc1ccc(OBOc2ccc(CCCC(C)(C)C)cc2)cc1. The van der Waals surface area contributed by atoms with E-state index in [1.54, 1.807) is 0 Å². The van der Waals surface area contributed by atoms with Gasteiger partial charge in [-0.3, -0.25) is 0 Å². The molecule has 0 aliphatic heterocycles. The maximum atomic E-state index is 5.73. The van der Waals surface area contributed by atoms with Gasteiger partial charge in [0.05, 0.1) is 0 Å². The monoisotopic (exact) mass is 394 g/mol. The van der Waals surface area contributed by atoms with Gasteiger partial charge in [0.25, 0.3) is 0 Å².